The van der Waals surface area contributed by atoms with Crippen molar-refractivity contribution in [3.8, 4) is 0 Å². The Morgan fingerprint density at radius 1 is 1.83 bits per heavy atom. The smallest absolute Gasteiger partial charge is 1.00 e. The summed E-state index contributed by atoms with van der Waals surface area (Å²) in [4.78, 5) is 0. The zero-order valence-corrected chi connectivity index (χ0v) is 8.28. The second-order valence-corrected chi connectivity index (χ2v) is 0.651. The van der Waals surface area contributed by atoms with Crippen LogP contribution in [0.5, 0.6) is 0 Å². The average Bonchev–Trinajstić information content (AvgIpc) is 0.811. The molecule has 0 bridgehead atoms. The fourth-order valence-electron chi connectivity index (χ4n) is 0. The molecule has 32 valence electrons. The minimum absolute atomic E-state index is 0. The van der Waals surface area contributed by atoms with Gasteiger partial charge in [0.05, 0.1) is 11.4 Å². The molecule has 6 heteroatoms. The van der Waals surface area contributed by atoms with Crippen molar-refractivity contribution >= 4 is 34.4 Å². The van der Waals surface area contributed by atoms with E-state index < -0.39 is 11.4 Å². The summed E-state index contributed by atoms with van der Waals surface area (Å²) in [6, 6.07) is 0. The molecule has 0 spiro atoms. The van der Waals surface area contributed by atoms with Gasteiger partial charge in [-0.3, -0.25) is 0 Å². The van der Waals surface area contributed by atoms with Crippen LogP contribution in [0.15, 0.2) is 0 Å². The molecule has 0 saturated carbocycles. The summed E-state index contributed by atoms with van der Waals surface area (Å²) in [5, 5.41) is 0. The second kappa shape index (κ2) is 9.68. The van der Waals surface area contributed by atoms with Gasteiger partial charge in [-0.1, -0.05) is 0 Å². The molecule has 0 amide bonds. The Balaban J connectivity index is -0.00000000750. The molecule has 1 atom stereocenters. The maximum atomic E-state index is 8.56. The van der Waals surface area contributed by atoms with Crippen molar-refractivity contribution in [1.82, 2.24) is 0 Å². The summed E-state index contributed by atoms with van der Waals surface area (Å²) in [6.07, 6.45) is 0. The van der Waals surface area contributed by atoms with Crippen molar-refractivity contribution in [1.29, 1.82) is 0 Å². The van der Waals surface area contributed by atoms with Crippen LogP contribution in [0, 0.1) is 0 Å². The first kappa shape index (κ1) is 15.7. The van der Waals surface area contributed by atoms with Gasteiger partial charge in [-0.05, 0) is 0 Å². The van der Waals surface area contributed by atoms with Gasteiger partial charge in [0.1, 0.15) is 0 Å². The molecule has 1 N–H and O–H groups in total. The van der Waals surface area contributed by atoms with Crippen LogP contribution in [0.1, 0.15) is 2.85 Å². The van der Waals surface area contributed by atoms with E-state index in [9.17, 15) is 0 Å². The van der Waals surface area contributed by atoms with Crippen molar-refractivity contribution in [3.63, 3.8) is 0 Å². The van der Waals surface area contributed by atoms with Crippen LogP contribution >= 0.6 is 0 Å². The minimum Gasteiger partial charge on any atom is -1.00 e. The third kappa shape index (κ3) is 51.0. The van der Waals surface area contributed by atoms with Crippen LogP contribution in [-0.4, -0.2) is 36.4 Å². The zero-order chi connectivity index (χ0) is 3.58. The fraction of sp³-hybridized carbons (Fsp3) is 0. The number of hydrogen-bond donors (Lipinski definition) is 1. The van der Waals surface area contributed by atoms with Crippen molar-refractivity contribution in [2.45, 2.75) is 0 Å². The molecule has 0 aliphatic heterocycles. The van der Waals surface area contributed by atoms with Crippen LogP contribution < -0.4 is 0 Å². The third-order valence-electron chi connectivity index (χ3n) is 0. The third-order valence-corrected chi connectivity index (χ3v) is 0. The van der Waals surface area contributed by atoms with Gasteiger partial charge in [-0.15, -0.1) is 0 Å². The Morgan fingerprint density at radius 2 is 1.83 bits per heavy atom. The van der Waals surface area contributed by atoms with E-state index in [2.05, 4.69) is 0 Å². The largest absolute Gasteiger partial charge is 2.00 e. The Hall–Kier alpha value is 1.46. The van der Waals surface area contributed by atoms with Crippen LogP contribution in [0.4, 0.5) is 0 Å². The summed E-state index contributed by atoms with van der Waals surface area (Å²) in [7, 11) is 0. The monoisotopic (exact) mass is 171 g/mol. The van der Waals surface area contributed by atoms with Crippen molar-refractivity contribution in [3.05, 3.63) is 0 Å². The normalized spacial score (nSPS) is 10.3. The SMILES string of the molecule is O=S([O-])O.[H-].[H-].[Mg+2].[Zn]. The van der Waals surface area contributed by atoms with Gasteiger partial charge in [-0.2, -0.15) is 0 Å². The molecule has 0 aromatic rings. The Morgan fingerprint density at radius 3 is 1.83 bits per heavy atom. The molecule has 0 saturated heterocycles. The molecule has 0 fully saturated rings. The zero-order valence-electron chi connectivity index (χ0n) is 5.09. The Labute approximate surface area is 69.9 Å². The summed E-state index contributed by atoms with van der Waals surface area (Å²) >= 11 is -2.86. The van der Waals surface area contributed by atoms with Gasteiger partial charge >= 0.3 is 23.1 Å². The van der Waals surface area contributed by atoms with E-state index in [4.69, 9.17) is 13.3 Å². The van der Waals surface area contributed by atoms with Crippen LogP contribution in [-0.2, 0) is 30.8 Å². The maximum absolute atomic E-state index is 8.56. The van der Waals surface area contributed by atoms with E-state index in [1.165, 1.54) is 0 Å². The molecular formula is H3MgO3SZn-. The summed E-state index contributed by atoms with van der Waals surface area (Å²) in [5.74, 6) is 0. The molecule has 0 aromatic carbocycles. The average molecular weight is 173 g/mol. The fourth-order valence-corrected chi connectivity index (χ4v) is 0. The quantitative estimate of drug-likeness (QED) is 0.384. The molecule has 3 nitrogen and oxygen atoms in total. The molecule has 6 heavy (non-hydrogen) atoms. The van der Waals surface area contributed by atoms with Crippen molar-refractivity contribution in [2.75, 3.05) is 0 Å². The Kier molecular flexibility index (Phi) is 25.3. The predicted octanol–water partition coefficient (Wildman–Crippen LogP) is -0.820. The molecule has 1 unspecified atom stereocenters. The van der Waals surface area contributed by atoms with Crippen molar-refractivity contribution in [2.24, 2.45) is 0 Å². The van der Waals surface area contributed by atoms with E-state index in [0.29, 0.717) is 0 Å². The number of rotatable bonds is 0. The van der Waals surface area contributed by atoms with Gasteiger partial charge in [0.2, 0.25) is 0 Å². The van der Waals surface area contributed by atoms with E-state index >= 15 is 0 Å². The number of hydrogen-bond acceptors (Lipinski definition) is 2. The van der Waals surface area contributed by atoms with Crippen molar-refractivity contribution < 1.29 is 35.6 Å². The van der Waals surface area contributed by atoms with Gasteiger partial charge in [-0.25, -0.2) is 4.21 Å². The summed E-state index contributed by atoms with van der Waals surface area (Å²) in [6.45, 7) is 0. The molecule has 0 aliphatic carbocycles. The second-order valence-electron chi connectivity index (χ2n) is 0.217. The maximum Gasteiger partial charge on any atom is 2.00 e. The van der Waals surface area contributed by atoms with E-state index in [-0.39, 0.29) is 45.4 Å². The van der Waals surface area contributed by atoms with Gasteiger partial charge in [0.25, 0.3) is 0 Å². The Bertz CT molecular complexity index is 40.3. The minimum atomic E-state index is -2.86. The molecule has 0 heterocycles. The first-order valence-electron chi connectivity index (χ1n) is 0.516. The summed E-state index contributed by atoms with van der Waals surface area (Å²) in [5.41, 5.74) is 0. The molecular weight excluding hydrogens is 170 g/mol. The molecule has 0 aromatic heterocycles. The van der Waals surface area contributed by atoms with Gasteiger partial charge < -0.3 is 12.0 Å². The standard InChI is InChI=1S/Mg.H2O3S.Zn.2H/c;1-4(2)3;;;/h;(H2,1,2,3);;;/q+2;;;2*-1/p-1. The topological polar surface area (TPSA) is 60.4 Å². The first-order valence-corrected chi connectivity index (χ1v) is 1.55. The molecule has 0 rings (SSSR count). The molecule has 0 radical (unpaired) electrons. The van der Waals surface area contributed by atoms with Gasteiger partial charge in [0, 0.05) is 19.5 Å². The van der Waals surface area contributed by atoms with E-state index in [1.807, 2.05) is 0 Å². The van der Waals surface area contributed by atoms with E-state index in [1.54, 1.807) is 0 Å². The van der Waals surface area contributed by atoms with Gasteiger partial charge in [0.15, 0.2) is 0 Å². The van der Waals surface area contributed by atoms with Crippen LogP contribution in [0.2, 0.25) is 0 Å². The molecule has 0 aliphatic rings. The van der Waals surface area contributed by atoms with Crippen LogP contribution in [0.25, 0.3) is 0 Å². The first-order chi connectivity index (χ1) is 1.73. The summed E-state index contributed by atoms with van der Waals surface area (Å²) < 4.78 is 24.1. The van der Waals surface area contributed by atoms with E-state index in [0.717, 1.165) is 0 Å². The predicted molar refractivity (Wildman–Crippen MR) is 19.5 cm³/mol. The van der Waals surface area contributed by atoms with Crippen LogP contribution in [0.3, 0.4) is 0 Å².